The number of fused-ring (bicyclic) bond motifs is 2. The second kappa shape index (κ2) is 10.7. The van der Waals surface area contributed by atoms with Gasteiger partial charge < -0.3 is 19.7 Å². The maximum absolute atomic E-state index is 12.9. The minimum absolute atomic E-state index is 0.0514. The maximum atomic E-state index is 12.9. The van der Waals surface area contributed by atoms with Crippen molar-refractivity contribution in [3.63, 3.8) is 0 Å². The molecule has 0 radical (unpaired) electrons. The highest BCUT2D eigenvalue weighted by atomic mass is 16.5. The number of hydrogen-bond acceptors (Lipinski definition) is 6. The lowest BCUT2D eigenvalue weighted by molar-refractivity contribution is -0.143. The number of aromatic amines is 1. The molecule has 39 heavy (non-hydrogen) atoms. The number of rotatable bonds is 6. The molecular weight excluding hydrogens is 492 g/mol. The van der Waals surface area contributed by atoms with E-state index in [-0.39, 0.29) is 18.6 Å². The van der Waals surface area contributed by atoms with Crippen molar-refractivity contribution in [3.05, 3.63) is 53.5 Å². The number of pyridine rings is 1. The fourth-order valence-electron chi connectivity index (χ4n) is 6.38. The third-order valence-electron chi connectivity index (χ3n) is 8.46. The van der Waals surface area contributed by atoms with Crippen molar-refractivity contribution < 1.29 is 14.6 Å². The Morgan fingerprint density at radius 2 is 2.03 bits per heavy atom. The van der Waals surface area contributed by atoms with Crippen LogP contribution in [0.25, 0.3) is 27.8 Å². The van der Waals surface area contributed by atoms with Gasteiger partial charge in [-0.25, -0.2) is 9.50 Å². The van der Waals surface area contributed by atoms with Gasteiger partial charge in [0.1, 0.15) is 6.33 Å². The summed E-state index contributed by atoms with van der Waals surface area (Å²) in [6.45, 7) is 10.3. The van der Waals surface area contributed by atoms with Gasteiger partial charge in [-0.05, 0) is 79.6 Å². The Balaban J connectivity index is 1.20. The molecular formula is C30H38N6O3. The normalized spacial score (nSPS) is 19.5. The van der Waals surface area contributed by atoms with Crippen LogP contribution in [0.2, 0.25) is 0 Å². The van der Waals surface area contributed by atoms with Crippen LogP contribution in [0.5, 0.6) is 0 Å². The minimum Gasteiger partial charge on any atom is -0.394 e. The molecule has 1 amide bonds. The summed E-state index contributed by atoms with van der Waals surface area (Å²) in [5.74, 6) is 0.922. The number of amides is 1. The van der Waals surface area contributed by atoms with Crippen molar-refractivity contribution in [2.75, 3.05) is 46.0 Å². The number of nitrogens with zero attached hydrogens (tertiary/aromatic N) is 5. The van der Waals surface area contributed by atoms with Crippen molar-refractivity contribution in [1.82, 2.24) is 29.4 Å². The number of benzene rings is 1. The number of carbonyl (C=O) groups excluding carboxylic acids is 1. The van der Waals surface area contributed by atoms with Gasteiger partial charge in [-0.2, -0.15) is 5.10 Å². The summed E-state index contributed by atoms with van der Waals surface area (Å²) in [5.41, 5.74) is 8.11. The molecule has 0 unspecified atom stereocenters. The molecule has 2 N–H and O–H groups in total. The predicted molar refractivity (Wildman–Crippen MR) is 151 cm³/mol. The fourth-order valence-corrected chi connectivity index (χ4v) is 6.38. The van der Waals surface area contributed by atoms with E-state index in [1.807, 2.05) is 4.52 Å². The Labute approximate surface area is 228 Å². The molecule has 0 saturated carbocycles. The summed E-state index contributed by atoms with van der Waals surface area (Å²) in [6.07, 6.45) is 5.72. The lowest BCUT2D eigenvalue weighted by Gasteiger charge is -2.37. The number of carbonyl (C=O) groups is 1. The van der Waals surface area contributed by atoms with E-state index < -0.39 is 0 Å². The lowest BCUT2D eigenvalue weighted by atomic mass is 9.87. The number of hydrogen-bond donors (Lipinski definition) is 2. The Morgan fingerprint density at radius 1 is 1.21 bits per heavy atom. The largest absolute Gasteiger partial charge is 0.394 e. The number of aryl methyl sites for hydroxylation is 1. The van der Waals surface area contributed by atoms with E-state index >= 15 is 0 Å². The number of H-pyrrole nitrogens is 1. The number of morpholine rings is 1. The fraction of sp³-hybridized carbons (Fsp3) is 0.500. The van der Waals surface area contributed by atoms with Crippen LogP contribution in [0.4, 0.5) is 0 Å². The van der Waals surface area contributed by atoms with Crippen molar-refractivity contribution in [3.8, 4) is 11.3 Å². The third kappa shape index (κ3) is 4.95. The smallest absolute Gasteiger partial charge is 0.237 e. The average Bonchev–Trinajstić information content (AvgIpc) is 3.58. The van der Waals surface area contributed by atoms with Gasteiger partial charge in [0.25, 0.3) is 0 Å². The summed E-state index contributed by atoms with van der Waals surface area (Å²) in [6, 6.07) is 8.85. The van der Waals surface area contributed by atoms with Gasteiger partial charge in [0.05, 0.1) is 38.1 Å². The van der Waals surface area contributed by atoms with Gasteiger partial charge in [-0.1, -0.05) is 19.9 Å². The summed E-state index contributed by atoms with van der Waals surface area (Å²) in [4.78, 5) is 25.1. The highest BCUT2D eigenvalue weighted by molar-refractivity contribution is 5.92. The zero-order valence-electron chi connectivity index (χ0n) is 23.1. The quantitative estimate of drug-likeness (QED) is 0.394. The zero-order valence-corrected chi connectivity index (χ0v) is 23.1. The molecule has 2 aliphatic heterocycles. The van der Waals surface area contributed by atoms with Crippen LogP contribution in [-0.2, 0) is 9.53 Å². The first-order valence-electron chi connectivity index (χ1n) is 14.1. The van der Waals surface area contributed by atoms with E-state index in [0.717, 1.165) is 53.9 Å². The molecule has 2 saturated heterocycles. The van der Waals surface area contributed by atoms with Gasteiger partial charge >= 0.3 is 0 Å². The molecule has 2 fully saturated rings. The van der Waals surface area contributed by atoms with E-state index in [4.69, 9.17) is 4.74 Å². The number of ether oxygens (including phenoxy) is 1. The summed E-state index contributed by atoms with van der Waals surface area (Å²) in [7, 11) is 0. The highest BCUT2D eigenvalue weighted by Gasteiger charge is 2.29. The van der Waals surface area contributed by atoms with Gasteiger partial charge in [-0.15, -0.1) is 0 Å². The van der Waals surface area contributed by atoms with Crippen LogP contribution in [-0.4, -0.2) is 92.4 Å². The van der Waals surface area contributed by atoms with E-state index in [2.05, 4.69) is 71.2 Å². The van der Waals surface area contributed by atoms with Gasteiger partial charge in [-0.3, -0.25) is 9.69 Å². The first-order valence-corrected chi connectivity index (χ1v) is 14.1. The molecule has 9 heteroatoms. The number of piperidine rings is 1. The second-order valence-electron chi connectivity index (χ2n) is 11.4. The first kappa shape index (κ1) is 26.0. The molecule has 4 aromatic rings. The molecule has 9 nitrogen and oxygen atoms in total. The molecule has 5 heterocycles. The average molecular weight is 531 g/mol. The Hall–Kier alpha value is -3.27. The molecule has 6 rings (SSSR count). The molecule has 206 valence electrons. The van der Waals surface area contributed by atoms with Crippen LogP contribution in [0.3, 0.4) is 0 Å². The number of nitrogens with one attached hydrogen (secondary N) is 1. The number of aromatic nitrogens is 4. The van der Waals surface area contributed by atoms with Crippen LogP contribution >= 0.6 is 0 Å². The number of aliphatic hydroxyl groups is 1. The predicted octanol–water partition coefficient (Wildman–Crippen LogP) is 3.71. The molecule has 3 aromatic heterocycles. The maximum Gasteiger partial charge on any atom is 0.237 e. The third-order valence-corrected chi connectivity index (χ3v) is 8.46. The molecule has 0 bridgehead atoms. The minimum atomic E-state index is -0.223. The highest BCUT2D eigenvalue weighted by Crippen LogP contribution is 2.38. The van der Waals surface area contributed by atoms with Gasteiger partial charge in [0.15, 0.2) is 5.65 Å². The Kier molecular flexibility index (Phi) is 7.14. The summed E-state index contributed by atoms with van der Waals surface area (Å²) in [5, 5.41) is 15.3. The Bertz CT molecular complexity index is 1480. The topological polar surface area (TPSA) is 99.0 Å². The Morgan fingerprint density at radius 3 is 2.79 bits per heavy atom. The van der Waals surface area contributed by atoms with Crippen LogP contribution in [0.15, 0.2) is 36.8 Å². The molecule has 2 aliphatic rings. The standard InChI is InChI=1S/C30H38N6O3/c1-19(2)28-25-13-22(4-5-26(25)33-29(28)23-12-20(3)30-31-18-32-36(30)14-23)21-6-8-34(9-7-21)15-27(38)35-10-11-39-17-24(35)16-37/h4-5,12-14,18-19,21,24,33,37H,6-11,15-17H2,1-3H3/t24-/m1/s1. The van der Waals surface area contributed by atoms with E-state index in [1.165, 1.54) is 16.5 Å². The number of likely N-dealkylation sites (tertiary alicyclic amines) is 1. The van der Waals surface area contributed by atoms with E-state index in [1.54, 1.807) is 11.2 Å². The monoisotopic (exact) mass is 530 g/mol. The van der Waals surface area contributed by atoms with Crippen molar-refractivity contribution in [1.29, 1.82) is 0 Å². The SMILES string of the molecule is Cc1cc(-c2[nH]c3ccc(C4CCN(CC(=O)N5CCOC[C@H]5CO)CC4)cc3c2C(C)C)cn2ncnc12. The summed E-state index contributed by atoms with van der Waals surface area (Å²) < 4.78 is 7.28. The van der Waals surface area contributed by atoms with Crippen molar-refractivity contribution in [2.45, 2.75) is 51.5 Å². The van der Waals surface area contributed by atoms with Crippen molar-refractivity contribution >= 4 is 22.5 Å². The van der Waals surface area contributed by atoms with E-state index in [0.29, 0.717) is 38.1 Å². The van der Waals surface area contributed by atoms with Crippen molar-refractivity contribution in [2.24, 2.45) is 0 Å². The second-order valence-corrected chi connectivity index (χ2v) is 11.4. The molecule has 0 spiro atoms. The first-order chi connectivity index (χ1) is 18.9. The van der Waals surface area contributed by atoms with Gasteiger partial charge in [0.2, 0.25) is 5.91 Å². The van der Waals surface area contributed by atoms with Crippen LogP contribution in [0.1, 0.15) is 55.2 Å². The van der Waals surface area contributed by atoms with Gasteiger partial charge in [0, 0.05) is 29.2 Å². The zero-order chi connectivity index (χ0) is 27.1. The van der Waals surface area contributed by atoms with Crippen LogP contribution in [0, 0.1) is 6.92 Å². The summed E-state index contributed by atoms with van der Waals surface area (Å²) >= 11 is 0. The van der Waals surface area contributed by atoms with E-state index in [9.17, 15) is 9.90 Å². The molecule has 0 aliphatic carbocycles. The van der Waals surface area contributed by atoms with Crippen LogP contribution < -0.4 is 0 Å². The lowest BCUT2D eigenvalue weighted by Crippen LogP contribution is -2.53. The molecule has 1 aromatic carbocycles. The molecule has 1 atom stereocenters. The number of aliphatic hydroxyl groups excluding tert-OH is 1.